The van der Waals surface area contributed by atoms with Crippen molar-refractivity contribution in [3.05, 3.63) is 0 Å². The quantitative estimate of drug-likeness (QED) is 0.467. The molecule has 0 fully saturated rings. The molecule has 0 aliphatic carbocycles. The molecule has 0 unspecified atom stereocenters. The normalized spacial score (nSPS) is 12.4. The van der Waals surface area contributed by atoms with Gasteiger partial charge in [0, 0.05) is 20.3 Å². The Hall–Kier alpha value is -0.120. The summed E-state index contributed by atoms with van der Waals surface area (Å²) in [6.45, 7) is 12.0. The Bertz CT molecular complexity index is 132. The van der Waals surface area contributed by atoms with E-state index in [9.17, 15) is 0 Å². The van der Waals surface area contributed by atoms with Crippen LogP contribution in [-0.4, -0.2) is 44.0 Å². The van der Waals surface area contributed by atoms with Crippen LogP contribution in [0, 0.1) is 0 Å². The summed E-state index contributed by atoms with van der Waals surface area (Å²) in [4.78, 5) is 2.28. The molecule has 3 heteroatoms. The van der Waals surface area contributed by atoms with E-state index in [2.05, 4.69) is 32.6 Å². The summed E-state index contributed by atoms with van der Waals surface area (Å²) in [5.74, 6) is 0. The first-order chi connectivity index (χ1) is 6.49. The summed E-state index contributed by atoms with van der Waals surface area (Å²) in [5.41, 5.74) is -0.0469. The molecular weight excluding hydrogens is 178 g/mol. The topological polar surface area (TPSA) is 21.7 Å². The zero-order valence-electron chi connectivity index (χ0n) is 10.3. The standard InChI is InChI=1S/C11H25NO2/c1-6-12(8-7-9-13-5)10-14-11(2,3)4/h6-10H2,1-5H3. The molecule has 0 aliphatic heterocycles. The molecule has 0 radical (unpaired) electrons. The van der Waals surface area contributed by atoms with Crippen molar-refractivity contribution in [2.24, 2.45) is 0 Å². The van der Waals surface area contributed by atoms with Gasteiger partial charge in [-0.05, 0) is 33.7 Å². The molecule has 0 aromatic carbocycles. The highest BCUT2D eigenvalue weighted by Crippen LogP contribution is 2.07. The molecule has 14 heavy (non-hydrogen) atoms. The van der Waals surface area contributed by atoms with E-state index in [1.165, 1.54) is 0 Å². The zero-order chi connectivity index (χ0) is 11.0. The van der Waals surface area contributed by atoms with Gasteiger partial charge in [-0.1, -0.05) is 6.92 Å². The first kappa shape index (κ1) is 13.9. The maximum Gasteiger partial charge on any atom is 0.0997 e. The molecular formula is C11H25NO2. The second kappa shape index (κ2) is 7.21. The van der Waals surface area contributed by atoms with E-state index in [0.29, 0.717) is 6.73 Å². The number of methoxy groups -OCH3 is 1. The molecule has 0 atom stereocenters. The van der Waals surface area contributed by atoms with Crippen molar-refractivity contribution in [1.82, 2.24) is 4.90 Å². The van der Waals surface area contributed by atoms with E-state index in [-0.39, 0.29) is 5.60 Å². The molecule has 0 amide bonds. The Morgan fingerprint density at radius 1 is 1.21 bits per heavy atom. The highest BCUT2D eigenvalue weighted by molar-refractivity contribution is 4.59. The molecule has 0 saturated heterocycles. The maximum atomic E-state index is 5.70. The fourth-order valence-corrected chi connectivity index (χ4v) is 1.03. The lowest BCUT2D eigenvalue weighted by Gasteiger charge is -2.26. The van der Waals surface area contributed by atoms with E-state index >= 15 is 0 Å². The van der Waals surface area contributed by atoms with Gasteiger partial charge in [0.2, 0.25) is 0 Å². The molecule has 0 aliphatic rings. The smallest absolute Gasteiger partial charge is 0.0997 e. The Balaban J connectivity index is 3.58. The molecule has 0 saturated carbocycles. The number of hydrogen-bond acceptors (Lipinski definition) is 3. The van der Waals surface area contributed by atoms with Gasteiger partial charge in [0.1, 0.15) is 0 Å². The van der Waals surface area contributed by atoms with Crippen LogP contribution in [0.15, 0.2) is 0 Å². The van der Waals surface area contributed by atoms with Gasteiger partial charge in [-0.2, -0.15) is 0 Å². The first-order valence-electron chi connectivity index (χ1n) is 5.35. The fraction of sp³-hybridized carbons (Fsp3) is 1.00. The van der Waals surface area contributed by atoms with Gasteiger partial charge in [-0.25, -0.2) is 0 Å². The summed E-state index contributed by atoms with van der Waals surface area (Å²) in [5, 5.41) is 0. The molecule has 0 rings (SSSR count). The maximum absolute atomic E-state index is 5.70. The predicted octanol–water partition coefficient (Wildman–Crippen LogP) is 2.12. The molecule has 0 aromatic rings. The third-order valence-corrected chi connectivity index (χ3v) is 1.95. The summed E-state index contributed by atoms with van der Waals surface area (Å²) in [6.07, 6.45) is 1.07. The van der Waals surface area contributed by atoms with Crippen LogP contribution in [0.25, 0.3) is 0 Å². The fourth-order valence-electron chi connectivity index (χ4n) is 1.03. The molecule has 3 nitrogen and oxygen atoms in total. The number of hydrogen-bond donors (Lipinski definition) is 0. The predicted molar refractivity (Wildman–Crippen MR) is 59.4 cm³/mol. The minimum absolute atomic E-state index is 0.0469. The Labute approximate surface area is 88.4 Å². The average Bonchev–Trinajstić information content (AvgIpc) is 2.09. The van der Waals surface area contributed by atoms with E-state index in [4.69, 9.17) is 9.47 Å². The van der Waals surface area contributed by atoms with Gasteiger partial charge >= 0.3 is 0 Å². The Morgan fingerprint density at radius 3 is 2.29 bits per heavy atom. The van der Waals surface area contributed by atoms with Gasteiger partial charge in [0.25, 0.3) is 0 Å². The second-order valence-electron chi connectivity index (χ2n) is 4.44. The first-order valence-corrected chi connectivity index (χ1v) is 5.35. The molecule has 0 heterocycles. The molecule has 86 valence electrons. The molecule has 0 aromatic heterocycles. The summed E-state index contributed by atoms with van der Waals surface area (Å²) in [6, 6.07) is 0. The minimum Gasteiger partial charge on any atom is -0.385 e. The van der Waals surface area contributed by atoms with E-state index in [1.807, 2.05) is 0 Å². The lowest BCUT2D eigenvalue weighted by atomic mass is 10.2. The summed E-state index contributed by atoms with van der Waals surface area (Å²) >= 11 is 0. The van der Waals surface area contributed by atoms with Gasteiger partial charge in [0.05, 0.1) is 12.3 Å². The second-order valence-corrected chi connectivity index (χ2v) is 4.44. The van der Waals surface area contributed by atoms with Crippen LogP contribution in [0.1, 0.15) is 34.1 Å². The summed E-state index contributed by atoms with van der Waals surface area (Å²) in [7, 11) is 1.74. The van der Waals surface area contributed by atoms with Crippen LogP contribution in [-0.2, 0) is 9.47 Å². The molecule has 0 spiro atoms. The van der Waals surface area contributed by atoms with E-state index < -0.39 is 0 Å². The van der Waals surface area contributed by atoms with E-state index in [0.717, 1.165) is 26.1 Å². The number of rotatable bonds is 7. The minimum atomic E-state index is -0.0469. The number of nitrogens with zero attached hydrogens (tertiary/aromatic N) is 1. The highest BCUT2D eigenvalue weighted by Gasteiger charge is 2.11. The van der Waals surface area contributed by atoms with Gasteiger partial charge < -0.3 is 9.47 Å². The van der Waals surface area contributed by atoms with Crippen LogP contribution >= 0.6 is 0 Å². The highest BCUT2D eigenvalue weighted by atomic mass is 16.5. The van der Waals surface area contributed by atoms with Crippen LogP contribution in [0.5, 0.6) is 0 Å². The lowest BCUT2D eigenvalue weighted by molar-refractivity contribution is -0.0631. The van der Waals surface area contributed by atoms with Crippen molar-refractivity contribution < 1.29 is 9.47 Å². The monoisotopic (exact) mass is 203 g/mol. The largest absolute Gasteiger partial charge is 0.385 e. The molecule has 0 bridgehead atoms. The third kappa shape index (κ3) is 8.48. The van der Waals surface area contributed by atoms with Crippen LogP contribution < -0.4 is 0 Å². The third-order valence-electron chi connectivity index (χ3n) is 1.95. The SMILES string of the molecule is CCN(CCCOC)COC(C)(C)C. The van der Waals surface area contributed by atoms with Crippen molar-refractivity contribution in [3.63, 3.8) is 0 Å². The van der Waals surface area contributed by atoms with Crippen LogP contribution in [0.3, 0.4) is 0 Å². The van der Waals surface area contributed by atoms with Gasteiger partial charge in [-0.3, -0.25) is 4.90 Å². The van der Waals surface area contributed by atoms with Gasteiger partial charge in [-0.15, -0.1) is 0 Å². The van der Waals surface area contributed by atoms with Gasteiger partial charge in [0.15, 0.2) is 0 Å². The van der Waals surface area contributed by atoms with Crippen LogP contribution in [0.2, 0.25) is 0 Å². The summed E-state index contributed by atoms with van der Waals surface area (Å²) < 4.78 is 10.7. The van der Waals surface area contributed by atoms with Crippen molar-refractivity contribution in [1.29, 1.82) is 0 Å². The van der Waals surface area contributed by atoms with Crippen molar-refractivity contribution >= 4 is 0 Å². The lowest BCUT2D eigenvalue weighted by Crippen LogP contribution is -2.33. The molecule has 0 N–H and O–H groups in total. The van der Waals surface area contributed by atoms with Crippen molar-refractivity contribution in [2.75, 3.05) is 33.5 Å². The van der Waals surface area contributed by atoms with Crippen molar-refractivity contribution in [2.45, 2.75) is 39.7 Å². The zero-order valence-corrected chi connectivity index (χ0v) is 10.3. The number of ether oxygens (including phenoxy) is 2. The Kier molecular flexibility index (Phi) is 7.15. The van der Waals surface area contributed by atoms with Crippen LogP contribution in [0.4, 0.5) is 0 Å². The Morgan fingerprint density at radius 2 is 1.86 bits per heavy atom. The van der Waals surface area contributed by atoms with E-state index in [1.54, 1.807) is 7.11 Å². The van der Waals surface area contributed by atoms with Crippen molar-refractivity contribution in [3.8, 4) is 0 Å². The average molecular weight is 203 g/mol.